The number of likely N-dealkylation sites (tertiary alicyclic amines) is 1. The normalized spacial score (nSPS) is 24.3. The molecule has 170 valence electrons. The van der Waals surface area contributed by atoms with E-state index in [9.17, 15) is 20.4 Å². The van der Waals surface area contributed by atoms with Crippen LogP contribution < -0.4 is 5.32 Å². The number of anilines is 1. The topological polar surface area (TPSA) is 122 Å². The number of piperidine rings is 1. The molecule has 0 unspecified atom stereocenters. The van der Waals surface area contributed by atoms with Gasteiger partial charge in [0.25, 0.3) is 0 Å². The molecule has 31 heavy (non-hydrogen) atoms. The van der Waals surface area contributed by atoms with Crippen LogP contribution in [0.25, 0.3) is 11.4 Å². The number of rotatable bonds is 10. The molecule has 0 amide bonds. The van der Waals surface area contributed by atoms with Crippen LogP contribution in [0.15, 0.2) is 36.7 Å². The Hall–Kier alpha value is -2.10. The number of hydrogen-bond donors (Lipinski definition) is 5. The Balaban J connectivity index is 1.35. The first-order valence-corrected chi connectivity index (χ1v) is 11.0. The van der Waals surface area contributed by atoms with Crippen LogP contribution in [-0.4, -0.2) is 85.9 Å². The molecular formula is C23H34N4O4. The molecule has 1 aliphatic rings. The van der Waals surface area contributed by atoms with Gasteiger partial charge in [-0.15, -0.1) is 0 Å². The van der Waals surface area contributed by atoms with Crippen molar-refractivity contribution in [3.63, 3.8) is 0 Å². The largest absolute Gasteiger partial charge is 0.395 e. The third-order valence-electron chi connectivity index (χ3n) is 5.95. The van der Waals surface area contributed by atoms with Gasteiger partial charge >= 0.3 is 0 Å². The van der Waals surface area contributed by atoms with Crippen molar-refractivity contribution in [1.29, 1.82) is 0 Å². The number of unbranched alkanes of at least 4 members (excludes halogenated alkanes) is 3. The molecule has 0 saturated carbocycles. The Morgan fingerprint density at radius 1 is 1.03 bits per heavy atom. The van der Waals surface area contributed by atoms with Gasteiger partial charge in [-0.05, 0) is 56.1 Å². The van der Waals surface area contributed by atoms with Gasteiger partial charge in [-0.2, -0.15) is 0 Å². The highest BCUT2D eigenvalue weighted by Gasteiger charge is 2.40. The smallest absolute Gasteiger partial charge is 0.159 e. The second-order valence-electron chi connectivity index (χ2n) is 8.24. The van der Waals surface area contributed by atoms with Crippen molar-refractivity contribution in [2.24, 2.45) is 0 Å². The van der Waals surface area contributed by atoms with Gasteiger partial charge in [0.2, 0.25) is 0 Å². The lowest BCUT2D eigenvalue weighted by molar-refractivity contribution is -0.145. The fourth-order valence-electron chi connectivity index (χ4n) is 4.10. The highest BCUT2D eigenvalue weighted by molar-refractivity contribution is 5.63. The molecule has 1 aromatic heterocycles. The van der Waals surface area contributed by atoms with Crippen LogP contribution in [-0.2, 0) is 0 Å². The lowest BCUT2D eigenvalue weighted by Gasteiger charge is -2.43. The summed E-state index contributed by atoms with van der Waals surface area (Å²) >= 11 is 0. The quantitative estimate of drug-likeness (QED) is 0.356. The van der Waals surface area contributed by atoms with Crippen molar-refractivity contribution in [1.82, 2.24) is 14.9 Å². The average Bonchev–Trinajstić information content (AvgIpc) is 2.78. The van der Waals surface area contributed by atoms with Gasteiger partial charge in [0, 0.05) is 36.7 Å². The van der Waals surface area contributed by atoms with E-state index in [-0.39, 0.29) is 13.2 Å². The van der Waals surface area contributed by atoms with Crippen LogP contribution in [0, 0.1) is 6.92 Å². The van der Waals surface area contributed by atoms with Crippen molar-refractivity contribution in [3.8, 4) is 11.4 Å². The summed E-state index contributed by atoms with van der Waals surface area (Å²) in [6, 6.07) is 7.47. The number of nitrogens with one attached hydrogen (secondary N) is 1. The maximum Gasteiger partial charge on any atom is 0.159 e. The zero-order valence-electron chi connectivity index (χ0n) is 18.1. The number of aliphatic hydroxyl groups excluding tert-OH is 4. The average molecular weight is 431 g/mol. The van der Waals surface area contributed by atoms with E-state index in [1.165, 1.54) is 0 Å². The van der Waals surface area contributed by atoms with Gasteiger partial charge in [0.05, 0.1) is 18.8 Å². The van der Waals surface area contributed by atoms with Crippen LogP contribution in [0.2, 0.25) is 0 Å². The van der Waals surface area contributed by atoms with Crippen molar-refractivity contribution in [2.75, 3.05) is 31.6 Å². The van der Waals surface area contributed by atoms with Crippen LogP contribution in [0.3, 0.4) is 0 Å². The predicted molar refractivity (Wildman–Crippen MR) is 120 cm³/mol. The number of nitrogens with zero attached hydrogens (tertiary/aromatic N) is 3. The SMILES string of the molecule is Cc1cc(-c2ncccn2)ccc1NCCCCCCN1C[C@H](O)[C@@H](O)[C@H](O)[C@H]1CO. The summed E-state index contributed by atoms with van der Waals surface area (Å²) in [5.41, 5.74) is 3.27. The molecule has 3 rings (SSSR count). The van der Waals surface area contributed by atoms with E-state index in [1.807, 2.05) is 11.0 Å². The zero-order valence-corrected chi connectivity index (χ0v) is 18.1. The molecule has 0 bridgehead atoms. The van der Waals surface area contributed by atoms with Gasteiger partial charge in [-0.25, -0.2) is 9.97 Å². The van der Waals surface area contributed by atoms with Crippen molar-refractivity contribution >= 4 is 5.69 Å². The second-order valence-corrected chi connectivity index (χ2v) is 8.24. The highest BCUT2D eigenvalue weighted by Crippen LogP contribution is 2.22. The summed E-state index contributed by atoms with van der Waals surface area (Å²) < 4.78 is 0. The Labute approximate surface area is 183 Å². The van der Waals surface area contributed by atoms with E-state index in [1.54, 1.807) is 18.5 Å². The van der Waals surface area contributed by atoms with E-state index in [0.29, 0.717) is 6.54 Å². The molecule has 2 heterocycles. The highest BCUT2D eigenvalue weighted by atomic mass is 16.4. The minimum atomic E-state index is -1.20. The Morgan fingerprint density at radius 2 is 1.77 bits per heavy atom. The Kier molecular flexibility index (Phi) is 8.74. The molecule has 2 aromatic rings. The van der Waals surface area contributed by atoms with Crippen molar-refractivity contribution < 1.29 is 20.4 Å². The molecule has 5 N–H and O–H groups in total. The second kappa shape index (κ2) is 11.5. The first-order chi connectivity index (χ1) is 15.0. The molecule has 1 aliphatic heterocycles. The molecule has 0 aliphatic carbocycles. The van der Waals surface area contributed by atoms with Gasteiger partial charge in [-0.3, -0.25) is 4.90 Å². The maximum atomic E-state index is 10.0. The molecule has 4 atom stereocenters. The summed E-state index contributed by atoms with van der Waals surface area (Å²) in [5, 5.41) is 42.7. The zero-order chi connectivity index (χ0) is 22.2. The number of β-amino-alcohol motifs (C(OH)–C–C–N with tert-alkyl or cyclic N) is 1. The molecular weight excluding hydrogens is 396 g/mol. The van der Waals surface area contributed by atoms with Gasteiger partial charge in [0.1, 0.15) is 12.2 Å². The van der Waals surface area contributed by atoms with E-state index in [0.717, 1.165) is 54.9 Å². The number of aromatic nitrogens is 2. The van der Waals surface area contributed by atoms with Crippen molar-refractivity contribution in [2.45, 2.75) is 57.0 Å². The summed E-state index contributed by atoms with van der Waals surface area (Å²) in [4.78, 5) is 10.5. The van der Waals surface area contributed by atoms with Crippen LogP contribution in [0.1, 0.15) is 31.2 Å². The molecule has 8 nitrogen and oxygen atoms in total. The monoisotopic (exact) mass is 430 g/mol. The Bertz CT molecular complexity index is 807. The van der Waals surface area contributed by atoms with E-state index >= 15 is 0 Å². The predicted octanol–water partition coefficient (Wildman–Crippen LogP) is 1.18. The summed E-state index contributed by atoms with van der Waals surface area (Å²) in [7, 11) is 0. The molecule has 8 heteroatoms. The number of aryl methyl sites for hydroxylation is 1. The molecule has 1 aromatic carbocycles. The fourth-order valence-corrected chi connectivity index (χ4v) is 4.10. The fraction of sp³-hybridized carbons (Fsp3) is 0.565. The third kappa shape index (κ3) is 6.21. The molecule has 0 radical (unpaired) electrons. The summed E-state index contributed by atoms with van der Waals surface area (Å²) in [5.74, 6) is 0.726. The van der Waals surface area contributed by atoms with Gasteiger partial charge in [-0.1, -0.05) is 12.8 Å². The Morgan fingerprint density at radius 3 is 2.48 bits per heavy atom. The molecule has 1 fully saturated rings. The number of benzene rings is 1. The molecule has 0 spiro atoms. The van der Waals surface area contributed by atoms with Crippen molar-refractivity contribution in [3.05, 3.63) is 42.2 Å². The standard InChI is InChI=1S/C23H34N4O4/c1-16-13-17(23-25-10-6-11-26-23)7-8-18(16)24-9-4-2-3-5-12-27-14-20(29)22(31)21(30)19(27)15-28/h6-8,10-11,13,19-22,24,28-31H,2-5,9,12,14-15H2,1H3/t19-,20+,21-,22-/m1/s1. The van der Waals surface area contributed by atoms with Gasteiger partial charge in [0.15, 0.2) is 5.82 Å². The van der Waals surface area contributed by atoms with Crippen LogP contribution >= 0.6 is 0 Å². The summed E-state index contributed by atoms with van der Waals surface area (Å²) in [6.07, 6.45) is 4.22. The number of hydrogen-bond acceptors (Lipinski definition) is 8. The van der Waals surface area contributed by atoms with Crippen LogP contribution in [0.4, 0.5) is 5.69 Å². The summed E-state index contributed by atoms with van der Waals surface area (Å²) in [6.45, 7) is 3.68. The minimum Gasteiger partial charge on any atom is -0.395 e. The number of aliphatic hydroxyl groups is 4. The lowest BCUT2D eigenvalue weighted by atomic mass is 9.94. The first-order valence-electron chi connectivity index (χ1n) is 11.0. The van der Waals surface area contributed by atoms with Crippen LogP contribution in [0.5, 0.6) is 0 Å². The third-order valence-corrected chi connectivity index (χ3v) is 5.95. The first kappa shape index (κ1) is 23.6. The van der Waals surface area contributed by atoms with E-state index in [2.05, 4.69) is 34.3 Å². The van der Waals surface area contributed by atoms with Gasteiger partial charge < -0.3 is 25.7 Å². The molecule has 1 saturated heterocycles. The lowest BCUT2D eigenvalue weighted by Crippen LogP contribution is -2.62. The van der Waals surface area contributed by atoms with E-state index in [4.69, 9.17) is 0 Å². The maximum absolute atomic E-state index is 10.0. The van der Waals surface area contributed by atoms with E-state index < -0.39 is 24.4 Å². The minimum absolute atomic E-state index is 0.233.